The topological polar surface area (TPSA) is 87.5 Å². The lowest BCUT2D eigenvalue weighted by Gasteiger charge is -2.29. The molecular formula is C20H25BrN4O3. The van der Waals surface area contributed by atoms with Crippen molar-refractivity contribution in [2.75, 3.05) is 23.7 Å². The van der Waals surface area contributed by atoms with E-state index in [-0.39, 0.29) is 18.5 Å². The summed E-state index contributed by atoms with van der Waals surface area (Å²) in [7, 11) is 0. The summed E-state index contributed by atoms with van der Waals surface area (Å²) in [6.45, 7) is 2.28. The number of rotatable bonds is 6. The smallest absolute Gasteiger partial charge is 0.322 e. The maximum Gasteiger partial charge on any atom is 0.322 e. The number of hydrogen-bond donors (Lipinski definition) is 2. The van der Waals surface area contributed by atoms with Crippen LogP contribution in [-0.4, -0.2) is 35.1 Å². The van der Waals surface area contributed by atoms with Gasteiger partial charge in [-0.1, -0.05) is 40.3 Å². The molecule has 0 spiro atoms. The van der Waals surface area contributed by atoms with Gasteiger partial charge in [-0.15, -0.1) is 0 Å². The van der Waals surface area contributed by atoms with E-state index in [0.29, 0.717) is 29.7 Å². The third-order valence-corrected chi connectivity index (χ3v) is 5.34. The van der Waals surface area contributed by atoms with E-state index in [0.717, 1.165) is 17.3 Å². The molecule has 2 aromatic rings. The van der Waals surface area contributed by atoms with Crippen LogP contribution >= 0.6 is 15.9 Å². The van der Waals surface area contributed by atoms with Crippen LogP contribution in [0.4, 0.5) is 16.3 Å². The molecular weight excluding hydrogens is 424 g/mol. The number of carbonyl (C=O) groups is 2. The molecule has 3 rings (SSSR count). The van der Waals surface area contributed by atoms with Gasteiger partial charge in [0.15, 0.2) is 5.82 Å². The van der Waals surface area contributed by atoms with E-state index in [1.807, 2.05) is 24.3 Å². The molecule has 0 atom stereocenters. The molecule has 7 nitrogen and oxygen atoms in total. The van der Waals surface area contributed by atoms with Crippen LogP contribution in [0.25, 0.3) is 0 Å². The Morgan fingerprint density at radius 2 is 1.89 bits per heavy atom. The van der Waals surface area contributed by atoms with Crippen LogP contribution in [0, 0.1) is 12.8 Å². The highest BCUT2D eigenvalue weighted by atomic mass is 79.9. The summed E-state index contributed by atoms with van der Waals surface area (Å²) in [5.74, 6) is 1.09. The van der Waals surface area contributed by atoms with Crippen molar-refractivity contribution in [3.8, 4) is 0 Å². The van der Waals surface area contributed by atoms with E-state index in [4.69, 9.17) is 4.52 Å². The Morgan fingerprint density at radius 1 is 1.18 bits per heavy atom. The van der Waals surface area contributed by atoms with E-state index in [9.17, 15) is 9.59 Å². The monoisotopic (exact) mass is 448 g/mol. The van der Waals surface area contributed by atoms with Crippen molar-refractivity contribution in [3.63, 3.8) is 0 Å². The van der Waals surface area contributed by atoms with E-state index in [1.54, 1.807) is 17.9 Å². The predicted molar refractivity (Wildman–Crippen MR) is 111 cm³/mol. The summed E-state index contributed by atoms with van der Waals surface area (Å²) in [5, 5.41) is 9.34. The van der Waals surface area contributed by atoms with Crippen LogP contribution in [0.15, 0.2) is 39.3 Å². The third-order valence-electron chi connectivity index (χ3n) is 4.82. The molecule has 1 aliphatic rings. The molecule has 1 aromatic heterocycles. The van der Waals surface area contributed by atoms with Gasteiger partial charge in [0, 0.05) is 22.8 Å². The van der Waals surface area contributed by atoms with Crippen molar-refractivity contribution >= 4 is 39.4 Å². The first kappa shape index (κ1) is 20.4. The lowest BCUT2D eigenvalue weighted by Crippen LogP contribution is -2.43. The fraction of sp³-hybridized carbons (Fsp3) is 0.450. The van der Waals surface area contributed by atoms with Gasteiger partial charge in [-0.3, -0.25) is 4.79 Å². The molecule has 0 aliphatic heterocycles. The summed E-state index contributed by atoms with van der Waals surface area (Å²) < 4.78 is 5.90. The van der Waals surface area contributed by atoms with Gasteiger partial charge in [0.1, 0.15) is 12.3 Å². The van der Waals surface area contributed by atoms with Crippen molar-refractivity contribution in [2.45, 2.75) is 39.0 Å². The first-order valence-electron chi connectivity index (χ1n) is 9.54. The average Bonchev–Trinajstić information content (AvgIpc) is 3.08. The highest BCUT2D eigenvalue weighted by Gasteiger charge is 2.23. The summed E-state index contributed by atoms with van der Waals surface area (Å²) in [5.41, 5.74) is 0.689. The van der Waals surface area contributed by atoms with Crippen molar-refractivity contribution < 1.29 is 14.1 Å². The molecule has 3 amide bonds. The summed E-state index contributed by atoms with van der Waals surface area (Å²) in [4.78, 5) is 26.9. The zero-order valence-corrected chi connectivity index (χ0v) is 17.5. The van der Waals surface area contributed by atoms with Crippen LogP contribution in [-0.2, 0) is 4.79 Å². The van der Waals surface area contributed by atoms with Gasteiger partial charge in [-0.2, -0.15) is 0 Å². The number of nitrogens with one attached hydrogen (secondary N) is 2. The fourth-order valence-corrected chi connectivity index (χ4v) is 3.68. The first-order chi connectivity index (χ1) is 13.5. The Labute approximate surface area is 173 Å². The quantitative estimate of drug-likeness (QED) is 0.664. The highest BCUT2D eigenvalue weighted by Crippen LogP contribution is 2.25. The number of carbonyl (C=O) groups excluding carboxylic acids is 2. The molecule has 1 heterocycles. The van der Waals surface area contributed by atoms with Crippen LogP contribution in [0.5, 0.6) is 0 Å². The van der Waals surface area contributed by atoms with Crippen LogP contribution in [0.3, 0.4) is 0 Å². The minimum Gasteiger partial charge on any atom is -0.360 e. The van der Waals surface area contributed by atoms with Gasteiger partial charge in [-0.05, 0) is 49.9 Å². The van der Waals surface area contributed by atoms with E-state index >= 15 is 0 Å². The Bertz CT molecular complexity index is 800. The molecule has 150 valence electrons. The summed E-state index contributed by atoms with van der Waals surface area (Å²) in [6.07, 6.45) is 5.78. The molecule has 1 fully saturated rings. The maximum absolute atomic E-state index is 12.9. The molecule has 1 aliphatic carbocycles. The zero-order chi connectivity index (χ0) is 19.9. The molecule has 0 radical (unpaired) electrons. The molecule has 0 saturated heterocycles. The molecule has 2 N–H and O–H groups in total. The first-order valence-corrected chi connectivity index (χ1v) is 10.3. The van der Waals surface area contributed by atoms with Crippen molar-refractivity contribution in [2.24, 2.45) is 5.92 Å². The van der Waals surface area contributed by atoms with Crippen LogP contribution in [0.1, 0.15) is 37.9 Å². The largest absolute Gasteiger partial charge is 0.360 e. The van der Waals surface area contributed by atoms with Gasteiger partial charge in [0.2, 0.25) is 5.91 Å². The third kappa shape index (κ3) is 6.09. The summed E-state index contributed by atoms with van der Waals surface area (Å²) >= 11 is 3.38. The van der Waals surface area contributed by atoms with E-state index < -0.39 is 0 Å². The number of urea groups is 1. The number of benzene rings is 1. The number of hydrogen-bond acceptors (Lipinski definition) is 4. The number of nitrogens with zero attached hydrogens (tertiary/aromatic N) is 2. The van der Waals surface area contributed by atoms with Gasteiger partial charge >= 0.3 is 6.03 Å². The Balaban J connectivity index is 1.65. The van der Waals surface area contributed by atoms with Gasteiger partial charge in [-0.25, -0.2) is 4.79 Å². The molecule has 1 aromatic carbocycles. The second-order valence-corrected chi connectivity index (χ2v) is 8.11. The normalized spacial score (nSPS) is 14.5. The second kappa shape index (κ2) is 9.73. The fourth-order valence-electron chi connectivity index (χ4n) is 3.42. The van der Waals surface area contributed by atoms with Gasteiger partial charge in [0.05, 0.1) is 0 Å². The molecule has 1 saturated carbocycles. The molecule has 0 bridgehead atoms. The van der Waals surface area contributed by atoms with Gasteiger partial charge < -0.3 is 20.1 Å². The maximum atomic E-state index is 12.9. The Morgan fingerprint density at radius 3 is 2.54 bits per heavy atom. The SMILES string of the molecule is Cc1cc(NC(=O)CN(CC2CCCCC2)C(=O)Nc2ccc(Br)cc2)no1. The van der Waals surface area contributed by atoms with Crippen LogP contribution < -0.4 is 10.6 Å². The zero-order valence-electron chi connectivity index (χ0n) is 15.9. The Kier molecular flexibility index (Phi) is 7.08. The summed E-state index contributed by atoms with van der Waals surface area (Å²) in [6, 6.07) is 8.73. The number of aryl methyl sites for hydroxylation is 1. The minimum atomic E-state index is -0.296. The number of aromatic nitrogens is 1. The second-order valence-electron chi connectivity index (χ2n) is 7.19. The minimum absolute atomic E-state index is 0.0369. The van der Waals surface area contributed by atoms with E-state index in [1.165, 1.54) is 19.3 Å². The highest BCUT2D eigenvalue weighted by molar-refractivity contribution is 9.10. The lowest BCUT2D eigenvalue weighted by atomic mass is 9.89. The predicted octanol–water partition coefficient (Wildman–Crippen LogP) is 4.80. The van der Waals surface area contributed by atoms with Crippen molar-refractivity contribution in [3.05, 3.63) is 40.6 Å². The number of anilines is 2. The number of amides is 3. The number of halogens is 1. The molecule has 8 heteroatoms. The van der Waals surface area contributed by atoms with Crippen molar-refractivity contribution in [1.29, 1.82) is 0 Å². The average molecular weight is 449 g/mol. The molecule has 28 heavy (non-hydrogen) atoms. The van der Waals surface area contributed by atoms with Crippen molar-refractivity contribution in [1.82, 2.24) is 10.1 Å². The van der Waals surface area contributed by atoms with E-state index in [2.05, 4.69) is 31.7 Å². The van der Waals surface area contributed by atoms with Gasteiger partial charge in [0.25, 0.3) is 0 Å². The molecule has 0 unspecified atom stereocenters. The standard InChI is InChI=1S/C20H25BrN4O3/c1-14-11-18(24-28-14)23-19(26)13-25(12-15-5-3-2-4-6-15)20(27)22-17-9-7-16(21)8-10-17/h7-11,15H,2-6,12-13H2,1H3,(H,22,27)(H,23,24,26). The van der Waals surface area contributed by atoms with Crippen LogP contribution in [0.2, 0.25) is 0 Å². The lowest BCUT2D eigenvalue weighted by molar-refractivity contribution is -0.116. The Hall–Kier alpha value is -2.35.